The topological polar surface area (TPSA) is 40.6 Å². The minimum atomic E-state index is -3.82. The first kappa shape index (κ1) is 21.6. The molecule has 0 N–H and O–H groups in total. The standard InChI is InChI=1S/C25H24ClFN2O2S/c26-24-12-21(10-11-25(24)27)32(30,31)29-15-19-8-4-5-9-22(19)23-17-28(14-20(23)16-29)13-18-6-2-1-3-7-18/h1-12,20,23H,13-17H2/t20-,23+/m0/s1. The van der Waals surface area contributed by atoms with Gasteiger partial charge in [-0.05, 0) is 40.8 Å². The van der Waals surface area contributed by atoms with Crippen LogP contribution in [0.25, 0.3) is 0 Å². The predicted octanol–water partition coefficient (Wildman–Crippen LogP) is 4.90. The molecular weight excluding hydrogens is 447 g/mol. The Balaban J connectivity index is 1.47. The lowest BCUT2D eigenvalue weighted by atomic mass is 9.87. The summed E-state index contributed by atoms with van der Waals surface area (Å²) in [5.74, 6) is -0.181. The largest absolute Gasteiger partial charge is 0.298 e. The van der Waals surface area contributed by atoms with Crippen LogP contribution in [0.3, 0.4) is 0 Å². The summed E-state index contributed by atoms with van der Waals surface area (Å²) in [6, 6.07) is 22.1. The van der Waals surface area contributed by atoms with E-state index in [4.69, 9.17) is 11.6 Å². The van der Waals surface area contributed by atoms with Gasteiger partial charge in [0, 0.05) is 38.6 Å². The zero-order valence-corrected chi connectivity index (χ0v) is 19.1. The van der Waals surface area contributed by atoms with E-state index in [1.165, 1.54) is 27.6 Å². The zero-order valence-electron chi connectivity index (χ0n) is 17.5. The van der Waals surface area contributed by atoms with Gasteiger partial charge in [-0.2, -0.15) is 4.31 Å². The maximum atomic E-state index is 13.6. The van der Waals surface area contributed by atoms with Crippen molar-refractivity contribution in [2.45, 2.75) is 23.9 Å². The molecule has 166 valence electrons. The number of halogens is 2. The van der Waals surface area contributed by atoms with Gasteiger partial charge in [0.15, 0.2) is 0 Å². The summed E-state index contributed by atoms with van der Waals surface area (Å²) >= 11 is 5.89. The van der Waals surface area contributed by atoms with E-state index in [0.717, 1.165) is 31.3 Å². The van der Waals surface area contributed by atoms with E-state index in [2.05, 4.69) is 23.1 Å². The van der Waals surface area contributed by atoms with Gasteiger partial charge in [0.2, 0.25) is 10.0 Å². The van der Waals surface area contributed by atoms with E-state index < -0.39 is 15.8 Å². The second kappa shape index (κ2) is 8.60. The molecule has 2 aliphatic heterocycles. The highest BCUT2D eigenvalue weighted by Gasteiger charge is 2.41. The number of nitrogens with zero attached hydrogens (tertiary/aromatic N) is 2. The van der Waals surface area contributed by atoms with Gasteiger partial charge in [0.05, 0.1) is 9.92 Å². The number of likely N-dealkylation sites (tertiary alicyclic amines) is 1. The van der Waals surface area contributed by atoms with Crippen LogP contribution in [0.15, 0.2) is 77.7 Å². The molecule has 0 aromatic heterocycles. The molecule has 0 unspecified atom stereocenters. The van der Waals surface area contributed by atoms with Crippen LogP contribution in [0, 0.1) is 11.7 Å². The number of hydrogen-bond acceptors (Lipinski definition) is 3. The molecular formula is C25H24ClFN2O2S. The third-order valence-electron chi connectivity index (χ3n) is 6.53. The molecule has 0 spiro atoms. The van der Waals surface area contributed by atoms with Gasteiger partial charge >= 0.3 is 0 Å². The van der Waals surface area contributed by atoms with Gasteiger partial charge in [-0.25, -0.2) is 12.8 Å². The van der Waals surface area contributed by atoms with E-state index in [9.17, 15) is 12.8 Å². The van der Waals surface area contributed by atoms with Crippen molar-refractivity contribution in [2.75, 3.05) is 19.6 Å². The number of rotatable bonds is 4. The van der Waals surface area contributed by atoms with E-state index in [-0.39, 0.29) is 21.8 Å². The number of hydrogen-bond donors (Lipinski definition) is 0. The van der Waals surface area contributed by atoms with Gasteiger partial charge in [-0.15, -0.1) is 0 Å². The molecule has 5 rings (SSSR count). The Labute approximate surface area is 193 Å². The van der Waals surface area contributed by atoms with Crippen LogP contribution in [0.2, 0.25) is 5.02 Å². The second-order valence-electron chi connectivity index (χ2n) is 8.62. The lowest BCUT2D eigenvalue weighted by Gasteiger charge is -2.24. The highest BCUT2D eigenvalue weighted by atomic mass is 35.5. The molecule has 0 aliphatic carbocycles. The Bertz CT molecular complexity index is 1240. The van der Waals surface area contributed by atoms with Gasteiger partial charge in [-0.1, -0.05) is 66.2 Å². The van der Waals surface area contributed by atoms with Crippen LogP contribution in [0.1, 0.15) is 22.6 Å². The van der Waals surface area contributed by atoms with Crippen molar-refractivity contribution in [1.29, 1.82) is 0 Å². The number of benzene rings is 3. The minimum Gasteiger partial charge on any atom is -0.298 e. The summed E-state index contributed by atoms with van der Waals surface area (Å²) in [6.45, 7) is 3.29. The lowest BCUT2D eigenvalue weighted by Crippen LogP contribution is -2.35. The van der Waals surface area contributed by atoms with Crippen molar-refractivity contribution < 1.29 is 12.8 Å². The average molecular weight is 471 g/mol. The Morgan fingerprint density at radius 2 is 1.69 bits per heavy atom. The summed E-state index contributed by atoms with van der Waals surface area (Å²) in [4.78, 5) is 2.44. The fourth-order valence-electron chi connectivity index (χ4n) is 4.99. The molecule has 7 heteroatoms. The molecule has 4 nitrogen and oxygen atoms in total. The van der Waals surface area contributed by atoms with Crippen molar-refractivity contribution in [3.63, 3.8) is 0 Å². The van der Waals surface area contributed by atoms with E-state index in [1.54, 1.807) is 0 Å². The molecule has 32 heavy (non-hydrogen) atoms. The van der Waals surface area contributed by atoms with Crippen LogP contribution in [0.4, 0.5) is 4.39 Å². The summed E-state index contributed by atoms with van der Waals surface area (Å²) < 4.78 is 42.2. The molecule has 0 amide bonds. The Hall–Kier alpha value is -2.25. The monoisotopic (exact) mass is 470 g/mol. The summed E-state index contributed by atoms with van der Waals surface area (Å²) in [7, 11) is -3.82. The lowest BCUT2D eigenvalue weighted by molar-refractivity contribution is 0.293. The predicted molar refractivity (Wildman–Crippen MR) is 123 cm³/mol. The normalized spacial score (nSPS) is 21.7. The van der Waals surface area contributed by atoms with Crippen molar-refractivity contribution in [3.8, 4) is 0 Å². The Morgan fingerprint density at radius 3 is 2.47 bits per heavy atom. The van der Waals surface area contributed by atoms with Crippen LogP contribution in [0.5, 0.6) is 0 Å². The molecule has 0 bridgehead atoms. The van der Waals surface area contributed by atoms with Crippen LogP contribution >= 0.6 is 11.6 Å². The Kier molecular flexibility index (Phi) is 5.80. The first-order valence-corrected chi connectivity index (χ1v) is 12.5. The van der Waals surface area contributed by atoms with Crippen molar-refractivity contribution >= 4 is 21.6 Å². The first-order valence-electron chi connectivity index (χ1n) is 10.7. The fraction of sp³-hybridized carbons (Fsp3) is 0.280. The summed E-state index contributed by atoms with van der Waals surface area (Å²) in [5.41, 5.74) is 3.50. The highest BCUT2D eigenvalue weighted by molar-refractivity contribution is 7.89. The fourth-order valence-corrected chi connectivity index (χ4v) is 6.74. The molecule has 3 aromatic rings. The van der Waals surface area contributed by atoms with Crippen molar-refractivity contribution in [1.82, 2.24) is 9.21 Å². The molecule has 0 radical (unpaired) electrons. The minimum absolute atomic E-state index is 0.0268. The maximum Gasteiger partial charge on any atom is 0.243 e. The third kappa shape index (κ3) is 4.08. The highest BCUT2D eigenvalue weighted by Crippen LogP contribution is 2.40. The first-order chi connectivity index (χ1) is 15.4. The summed E-state index contributed by atoms with van der Waals surface area (Å²) in [6.07, 6.45) is 0. The van der Waals surface area contributed by atoms with Crippen molar-refractivity contribution in [2.24, 2.45) is 5.92 Å². The smallest absolute Gasteiger partial charge is 0.243 e. The molecule has 1 saturated heterocycles. The molecule has 2 heterocycles. The molecule has 2 atom stereocenters. The van der Waals surface area contributed by atoms with Crippen LogP contribution < -0.4 is 0 Å². The van der Waals surface area contributed by atoms with E-state index in [0.29, 0.717) is 13.1 Å². The van der Waals surface area contributed by atoms with E-state index in [1.807, 2.05) is 36.4 Å². The number of sulfonamides is 1. The Morgan fingerprint density at radius 1 is 0.938 bits per heavy atom. The summed E-state index contributed by atoms with van der Waals surface area (Å²) in [5, 5.41) is -0.186. The molecule has 2 aliphatic rings. The van der Waals surface area contributed by atoms with E-state index >= 15 is 0 Å². The van der Waals surface area contributed by atoms with Gasteiger partial charge in [0.25, 0.3) is 0 Å². The zero-order chi connectivity index (χ0) is 22.3. The SMILES string of the molecule is O=S(=O)(c1ccc(F)c(Cl)c1)N1Cc2ccccc2[C@@H]2CN(Cc3ccccc3)C[C@H]2C1. The van der Waals surface area contributed by atoms with Gasteiger partial charge < -0.3 is 0 Å². The molecule has 0 saturated carbocycles. The van der Waals surface area contributed by atoms with Gasteiger partial charge in [-0.3, -0.25) is 4.90 Å². The second-order valence-corrected chi connectivity index (χ2v) is 11.0. The van der Waals surface area contributed by atoms with Crippen LogP contribution in [-0.2, 0) is 23.1 Å². The van der Waals surface area contributed by atoms with Crippen LogP contribution in [-0.4, -0.2) is 37.3 Å². The quantitative estimate of drug-likeness (QED) is 0.544. The van der Waals surface area contributed by atoms with Gasteiger partial charge in [0.1, 0.15) is 5.82 Å². The average Bonchev–Trinajstić information content (AvgIpc) is 3.10. The third-order valence-corrected chi connectivity index (χ3v) is 8.63. The number of fused-ring (bicyclic) bond motifs is 3. The molecule has 3 aromatic carbocycles. The maximum absolute atomic E-state index is 13.6. The van der Waals surface area contributed by atoms with Crippen molar-refractivity contribution in [3.05, 3.63) is 100 Å². The molecule has 1 fully saturated rings.